The molecule has 0 saturated heterocycles. The Hall–Kier alpha value is -2.34. The van der Waals surface area contributed by atoms with Crippen LogP contribution in [0.5, 0.6) is 0 Å². The van der Waals surface area contributed by atoms with E-state index >= 15 is 0 Å². The van der Waals surface area contributed by atoms with Gasteiger partial charge in [0.05, 0.1) is 0 Å². The molecule has 0 radical (unpaired) electrons. The highest BCUT2D eigenvalue weighted by atomic mass is 14.0. The molecule has 0 heteroatoms. The highest BCUT2D eigenvalue weighted by Gasteiger charge is 1.91. The van der Waals surface area contributed by atoms with E-state index in [-0.39, 0.29) is 0 Å². The molecule has 0 aromatic heterocycles. The van der Waals surface area contributed by atoms with Gasteiger partial charge in [0.15, 0.2) is 0 Å². The Morgan fingerprint density at radius 3 is 1.95 bits per heavy atom. The van der Waals surface area contributed by atoms with E-state index in [0.717, 1.165) is 6.42 Å². The van der Waals surface area contributed by atoms with E-state index in [4.69, 9.17) is 0 Å². The number of rotatable bonds is 4. The Labute approximate surface area is 129 Å². The molecule has 0 N–H and O–H groups in total. The van der Waals surface area contributed by atoms with Crippen molar-refractivity contribution in [1.29, 1.82) is 0 Å². The summed E-state index contributed by atoms with van der Waals surface area (Å²) in [6.45, 7) is 7.85. The van der Waals surface area contributed by atoms with Crippen LogP contribution in [0, 0.1) is 6.92 Å². The van der Waals surface area contributed by atoms with Crippen LogP contribution in [0.3, 0.4) is 0 Å². The summed E-state index contributed by atoms with van der Waals surface area (Å²) in [5.41, 5.74) is 4.03. The summed E-state index contributed by atoms with van der Waals surface area (Å²) in [6, 6.07) is 20.7. The zero-order valence-corrected chi connectivity index (χ0v) is 13.0. The zero-order valence-electron chi connectivity index (χ0n) is 13.0. The quantitative estimate of drug-likeness (QED) is 0.609. The van der Waals surface area contributed by atoms with Crippen LogP contribution >= 0.6 is 0 Å². The number of aryl methyl sites for hydroxylation is 1. The molecule has 0 atom stereocenters. The Bertz CT molecular complexity index is 560. The normalized spacial score (nSPS) is 10.9. The van der Waals surface area contributed by atoms with Crippen molar-refractivity contribution in [2.75, 3.05) is 0 Å². The van der Waals surface area contributed by atoms with Crippen molar-refractivity contribution in [3.05, 3.63) is 108 Å². The first kappa shape index (κ1) is 16.7. The molecule has 108 valence electrons. The van der Waals surface area contributed by atoms with Gasteiger partial charge in [0.25, 0.3) is 0 Å². The maximum Gasteiger partial charge on any atom is -0.00668 e. The first-order chi connectivity index (χ1) is 10.2. The van der Waals surface area contributed by atoms with E-state index in [1.54, 1.807) is 6.08 Å². The predicted octanol–water partition coefficient (Wildman–Crippen LogP) is 5.91. The van der Waals surface area contributed by atoms with Gasteiger partial charge in [0, 0.05) is 0 Å². The van der Waals surface area contributed by atoms with Crippen LogP contribution in [-0.4, -0.2) is 0 Å². The first-order valence-corrected chi connectivity index (χ1v) is 7.23. The highest BCUT2D eigenvalue weighted by molar-refractivity contribution is 5.23. The predicted molar refractivity (Wildman–Crippen MR) is 94.4 cm³/mol. The van der Waals surface area contributed by atoms with Crippen molar-refractivity contribution in [3.8, 4) is 0 Å². The summed E-state index contributed by atoms with van der Waals surface area (Å²) in [5.74, 6) is 0. The lowest BCUT2D eigenvalue weighted by Gasteiger charge is -1.99. The molecule has 0 spiro atoms. The van der Waals surface area contributed by atoms with Crippen molar-refractivity contribution in [2.24, 2.45) is 0 Å². The van der Waals surface area contributed by atoms with Crippen molar-refractivity contribution in [3.63, 3.8) is 0 Å². The van der Waals surface area contributed by atoms with Crippen LogP contribution in [0.15, 0.2) is 97.1 Å². The van der Waals surface area contributed by atoms with Gasteiger partial charge in [-0.15, -0.1) is 0 Å². The van der Waals surface area contributed by atoms with E-state index in [0.29, 0.717) is 0 Å². The third kappa shape index (κ3) is 8.43. The fraction of sp³-hybridized carbons (Fsp3) is 0.143. The Kier molecular flexibility index (Phi) is 8.32. The van der Waals surface area contributed by atoms with Crippen LogP contribution < -0.4 is 0 Å². The second kappa shape index (κ2) is 10.4. The van der Waals surface area contributed by atoms with Gasteiger partial charge >= 0.3 is 0 Å². The molecule has 0 nitrogen and oxygen atoms in total. The molecule has 0 unspecified atom stereocenters. The molecule has 21 heavy (non-hydrogen) atoms. The second-order valence-corrected chi connectivity index (χ2v) is 4.95. The zero-order chi connectivity index (χ0) is 15.3. The number of allylic oxidation sites excluding steroid dienone is 5. The lowest BCUT2D eigenvalue weighted by atomic mass is 10.1. The number of hydrogen-bond acceptors (Lipinski definition) is 0. The van der Waals surface area contributed by atoms with Gasteiger partial charge in [-0.2, -0.15) is 0 Å². The fourth-order valence-electron chi connectivity index (χ4n) is 1.81. The summed E-state index contributed by atoms with van der Waals surface area (Å²) in [6.07, 6.45) is 8.88. The molecule has 0 fully saturated rings. The first-order valence-electron chi connectivity index (χ1n) is 7.23. The summed E-state index contributed by atoms with van der Waals surface area (Å²) >= 11 is 0. The molecule has 0 saturated carbocycles. The molecule has 2 aromatic rings. The van der Waals surface area contributed by atoms with Gasteiger partial charge in [-0.3, -0.25) is 0 Å². The molecule has 0 aliphatic rings. The molecule has 0 aliphatic heterocycles. The largest absolute Gasteiger partial charge is 0.0991 e. The minimum Gasteiger partial charge on any atom is -0.0991 e. The van der Waals surface area contributed by atoms with Gasteiger partial charge < -0.3 is 0 Å². The summed E-state index contributed by atoms with van der Waals surface area (Å²) in [5, 5.41) is 0. The van der Waals surface area contributed by atoms with Crippen LogP contribution in [-0.2, 0) is 6.42 Å². The standard InChI is InChI=1S/C14H16.C7H8/c1-3-4-6-9-13(2)12-14-10-7-5-8-11-14;1-7-5-3-2-4-6-7/h3-11H,1,12H2,2H3;2-6H,1H3/b6-4-,13-9-;. The van der Waals surface area contributed by atoms with Gasteiger partial charge in [-0.1, -0.05) is 103 Å². The highest BCUT2D eigenvalue weighted by Crippen LogP contribution is 2.06. The summed E-state index contributed by atoms with van der Waals surface area (Å²) in [4.78, 5) is 0. The molecular weight excluding hydrogens is 252 g/mol. The van der Waals surface area contributed by atoms with Crippen molar-refractivity contribution >= 4 is 0 Å². The fourth-order valence-corrected chi connectivity index (χ4v) is 1.81. The molecule has 0 aliphatic carbocycles. The van der Waals surface area contributed by atoms with Crippen LogP contribution in [0.25, 0.3) is 0 Å². The average molecular weight is 276 g/mol. The van der Waals surface area contributed by atoms with Crippen molar-refractivity contribution in [1.82, 2.24) is 0 Å². The van der Waals surface area contributed by atoms with Gasteiger partial charge in [-0.05, 0) is 25.8 Å². The Balaban J connectivity index is 0.000000262. The van der Waals surface area contributed by atoms with E-state index in [2.05, 4.69) is 62.9 Å². The van der Waals surface area contributed by atoms with E-state index < -0.39 is 0 Å². The molecule has 2 aromatic carbocycles. The van der Waals surface area contributed by atoms with E-state index in [1.807, 2.05) is 36.4 Å². The Morgan fingerprint density at radius 1 is 0.905 bits per heavy atom. The molecule has 0 bridgehead atoms. The van der Waals surface area contributed by atoms with E-state index in [9.17, 15) is 0 Å². The number of benzene rings is 2. The van der Waals surface area contributed by atoms with Gasteiger partial charge in [0.2, 0.25) is 0 Å². The second-order valence-electron chi connectivity index (χ2n) is 4.95. The molecule has 2 rings (SSSR count). The molecular formula is C21H24. The lowest BCUT2D eigenvalue weighted by Crippen LogP contribution is -1.84. The van der Waals surface area contributed by atoms with Crippen molar-refractivity contribution < 1.29 is 0 Å². The van der Waals surface area contributed by atoms with E-state index in [1.165, 1.54) is 16.7 Å². The monoisotopic (exact) mass is 276 g/mol. The SMILES string of the molecule is C=C/C=C\C=C(\C)Cc1ccccc1.Cc1ccccc1. The minimum atomic E-state index is 1.02. The van der Waals surface area contributed by atoms with Crippen LogP contribution in [0.1, 0.15) is 18.1 Å². The average Bonchev–Trinajstić information content (AvgIpc) is 2.50. The van der Waals surface area contributed by atoms with Gasteiger partial charge in [-0.25, -0.2) is 0 Å². The third-order valence-electron chi connectivity index (χ3n) is 2.89. The maximum atomic E-state index is 3.63. The van der Waals surface area contributed by atoms with Crippen LogP contribution in [0.2, 0.25) is 0 Å². The summed E-state index contributed by atoms with van der Waals surface area (Å²) in [7, 11) is 0. The topological polar surface area (TPSA) is 0 Å². The molecule has 0 amide bonds. The van der Waals surface area contributed by atoms with Crippen molar-refractivity contribution in [2.45, 2.75) is 20.3 Å². The van der Waals surface area contributed by atoms with Crippen LogP contribution in [0.4, 0.5) is 0 Å². The minimum absolute atomic E-state index is 1.02. The Morgan fingerprint density at radius 2 is 1.48 bits per heavy atom. The smallest absolute Gasteiger partial charge is 0.00668 e. The van der Waals surface area contributed by atoms with Gasteiger partial charge in [0.1, 0.15) is 0 Å². The third-order valence-corrected chi connectivity index (χ3v) is 2.89. The lowest BCUT2D eigenvalue weighted by molar-refractivity contribution is 1.14. The summed E-state index contributed by atoms with van der Waals surface area (Å²) < 4.78 is 0. The number of hydrogen-bond donors (Lipinski definition) is 0. The molecule has 0 heterocycles. The maximum absolute atomic E-state index is 3.63.